The minimum absolute atomic E-state index is 0.934. The van der Waals surface area contributed by atoms with Gasteiger partial charge in [-0.25, -0.2) is 0 Å². The van der Waals surface area contributed by atoms with E-state index in [0.717, 1.165) is 12.5 Å². The van der Waals surface area contributed by atoms with Crippen molar-refractivity contribution < 1.29 is 0 Å². The van der Waals surface area contributed by atoms with Crippen molar-refractivity contribution >= 4 is 5.95 Å². The second-order valence-electron chi connectivity index (χ2n) is 3.07. The van der Waals surface area contributed by atoms with Crippen LogP contribution in [0.4, 0.5) is 5.95 Å². The average molecular weight is 168 g/mol. The molecule has 0 aliphatic rings. The van der Waals surface area contributed by atoms with Gasteiger partial charge >= 0.3 is 0 Å². The van der Waals surface area contributed by atoms with Crippen LogP contribution in [0.25, 0.3) is 0 Å². The lowest BCUT2D eigenvalue weighted by atomic mass is 10.3. The number of nitrogens with zero attached hydrogens (tertiary/aromatic N) is 4. The Labute approximate surface area is 73.2 Å². The van der Waals surface area contributed by atoms with Crippen molar-refractivity contribution in [2.75, 3.05) is 19.0 Å². The molecular formula is C8H16N4. The van der Waals surface area contributed by atoms with Crippen LogP contribution in [-0.4, -0.2) is 28.9 Å². The van der Waals surface area contributed by atoms with Gasteiger partial charge < -0.3 is 4.90 Å². The molecule has 0 aliphatic heterocycles. The van der Waals surface area contributed by atoms with Gasteiger partial charge in [0.2, 0.25) is 5.95 Å². The number of unbranched alkanes of at least 4 members (excludes halogenated alkanes) is 1. The molecular weight excluding hydrogens is 152 g/mol. The Morgan fingerprint density at radius 2 is 2.25 bits per heavy atom. The Morgan fingerprint density at radius 3 is 2.83 bits per heavy atom. The van der Waals surface area contributed by atoms with Gasteiger partial charge in [-0.05, 0) is 6.42 Å². The predicted molar refractivity (Wildman–Crippen MR) is 49.3 cm³/mol. The third-order valence-corrected chi connectivity index (χ3v) is 1.75. The van der Waals surface area contributed by atoms with Gasteiger partial charge in [0.1, 0.15) is 6.33 Å². The van der Waals surface area contributed by atoms with E-state index in [1.54, 1.807) is 6.33 Å². The first kappa shape index (κ1) is 9.03. The number of anilines is 1. The SMILES string of the molecule is CCCCn1cnnc1N(C)C. The molecule has 12 heavy (non-hydrogen) atoms. The molecule has 0 aliphatic carbocycles. The van der Waals surface area contributed by atoms with E-state index in [0.29, 0.717) is 0 Å². The summed E-state index contributed by atoms with van der Waals surface area (Å²) in [6.07, 6.45) is 4.16. The van der Waals surface area contributed by atoms with Gasteiger partial charge in [0.05, 0.1) is 0 Å². The molecule has 4 nitrogen and oxygen atoms in total. The number of aromatic nitrogens is 3. The van der Waals surface area contributed by atoms with E-state index in [4.69, 9.17) is 0 Å². The smallest absolute Gasteiger partial charge is 0.226 e. The van der Waals surface area contributed by atoms with Gasteiger partial charge in [0, 0.05) is 20.6 Å². The van der Waals surface area contributed by atoms with Crippen molar-refractivity contribution in [3.63, 3.8) is 0 Å². The van der Waals surface area contributed by atoms with E-state index in [9.17, 15) is 0 Å². The molecule has 4 heteroatoms. The minimum Gasteiger partial charge on any atom is -0.347 e. The molecule has 0 bridgehead atoms. The molecule has 0 amide bonds. The maximum absolute atomic E-state index is 4.01. The van der Waals surface area contributed by atoms with Gasteiger partial charge in [0.15, 0.2) is 0 Å². The third-order valence-electron chi connectivity index (χ3n) is 1.75. The fourth-order valence-electron chi connectivity index (χ4n) is 1.08. The van der Waals surface area contributed by atoms with Crippen LogP contribution in [0, 0.1) is 0 Å². The first-order chi connectivity index (χ1) is 5.75. The quantitative estimate of drug-likeness (QED) is 0.676. The molecule has 0 saturated heterocycles. The topological polar surface area (TPSA) is 34.0 Å². The molecule has 1 heterocycles. The lowest BCUT2D eigenvalue weighted by Crippen LogP contribution is -2.15. The van der Waals surface area contributed by atoms with Gasteiger partial charge in [-0.2, -0.15) is 0 Å². The maximum atomic E-state index is 4.01. The van der Waals surface area contributed by atoms with Gasteiger partial charge in [-0.1, -0.05) is 13.3 Å². The Morgan fingerprint density at radius 1 is 1.50 bits per heavy atom. The van der Waals surface area contributed by atoms with Gasteiger partial charge in [-0.15, -0.1) is 10.2 Å². The lowest BCUT2D eigenvalue weighted by molar-refractivity contribution is 0.627. The molecule has 0 saturated carbocycles. The van der Waals surface area contributed by atoms with Crippen LogP contribution in [0.2, 0.25) is 0 Å². The molecule has 0 atom stereocenters. The highest BCUT2D eigenvalue weighted by Crippen LogP contribution is 2.06. The summed E-state index contributed by atoms with van der Waals surface area (Å²) in [5, 5.41) is 7.88. The minimum atomic E-state index is 0.934. The van der Waals surface area contributed by atoms with Crippen LogP contribution in [0.1, 0.15) is 19.8 Å². The summed E-state index contributed by atoms with van der Waals surface area (Å²) in [7, 11) is 3.96. The lowest BCUT2D eigenvalue weighted by Gasteiger charge is -2.12. The summed E-state index contributed by atoms with van der Waals surface area (Å²) in [5.41, 5.74) is 0. The van der Waals surface area contributed by atoms with Gasteiger partial charge in [-0.3, -0.25) is 4.57 Å². The first-order valence-corrected chi connectivity index (χ1v) is 4.30. The van der Waals surface area contributed by atoms with Crippen LogP contribution in [0.15, 0.2) is 6.33 Å². The molecule has 0 radical (unpaired) electrons. The van der Waals surface area contributed by atoms with E-state index < -0.39 is 0 Å². The summed E-state index contributed by atoms with van der Waals surface area (Å²) in [6.45, 7) is 3.19. The number of rotatable bonds is 4. The summed E-state index contributed by atoms with van der Waals surface area (Å²) in [6, 6.07) is 0. The van der Waals surface area contributed by atoms with E-state index in [1.807, 2.05) is 19.0 Å². The average Bonchev–Trinajstić information content (AvgIpc) is 2.48. The van der Waals surface area contributed by atoms with E-state index in [2.05, 4.69) is 21.7 Å². The Kier molecular flexibility index (Phi) is 3.08. The molecule has 1 aromatic rings. The Hall–Kier alpha value is -1.06. The highest BCUT2D eigenvalue weighted by Gasteiger charge is 2.03. The van der Waals surface area contributed by atoms with Crippen LogP contribution < -0.4 is 4.90 Å². The Bertz CT molecular complexity index is 229. The first-order valence-electron chi connectivity index (χ1n) is 4.30. The van der Waals surface area contributed by atoms with Crippen molar-refractivity contribution in [1.29, 1.82) is 0 Å². The zero-order valence-electron chi connectivity index (χ0n) is 7.99. The van der Waals surface area contributed by atoms with Crippen LogP contribution in [0.3, 0.4) is 0 Å². The van der Waals surface area contributed by atoms with Crippen molar-refractivity contribution in [1.82, 2.24) is 14.8 Å². The number of aryl methyl sites for hydroxylation is 1. The highest BCUT2D eigenvalue weighted by atomic mass is 15.4. The van der Waals surface area contributed by atoms with Crippen LogP contribution in [0.5, 0.6) is 0 Å². The van der Waals surface area contributed by atoms with Gasteiger partial charge in [0.25, 0.3) is 0 Å². The zero-order chi connectivity index (χ0) is 8.97. The molecule has 0 unspecified atom stereocenters. The Balaban J connectivity index is 2.64. The summed E-state index contributed by atoms with van der Waals surface area (Å²) in [5.74, 6) is 0.934. The fraction of sp³-hybridized carbons (Fsp3) is 0.750. The van der Waals surface area contributed by atoms with E-state index in [1.165, 1.54) is 12.8 Å². The number of hydrogen-bond acceptors (Lipinski definition) is 3. The second-order valence-corrected chi connectivity index (χ2v) is 3.07. The monoisotopic (exact) mass is 168 g/mol. The van der Waals surface area contributed by atoms with Crippen LogP contribution in [-0.2, 0) is 6.54 Å². The molecule has 1 aromatic heterocycles. The van der Waals surface area contributed by atoms with Crippen molar-refractivity contribution in [2.45, 2.75) is 26.3 Å². The van der Waals surface area contributed by atoms with Crippen molar-refractivity contribution in [2.24, 2.45) is 0 Å². The molecule has 0 N–H and O–H groups in total. The normalized spacial score (nSPS) is 10.2. The van der Waals surface area contributed by atoms with Crippen molar-refractivity contribution in [3.8, 4) is 0 Å². The fourth-order valence-corrected chi connectivity index (χ4v) is 1.08. The summed E-state index contributed by atoms with van der Waals surface area (Å²) >= 11 is 0. The number of hydrogen-bond donors (Lipinski definition) is 0. The third kappa shape index (κ3) is 1.96. The largest absolute Gasteiger partial charge is 0.347 e. The van der Waals surface area contributed by atoms with E-state index in [-0.39, 0.29) is 0 Å². The molecule has 0 spiro atoms. The molecule has 1 rings (SSSR count). The van der Waals surface area contributed by atoms with Crippen LogP contribution >= 0.6 is 0 Å². The molecule has 0 aromatic carbocycles. The summed E-state index contributed by atoms with van der Waals surface area (Å²) in [4.78, 5) is 1.97. The molecule has 0 fully saturated rings. The van der Waals surface area contributed by atoms with Crippen molar-refractivity contribution in [3.05, 3.63) is 6.33 Å². The standard InChI is InChI=1S/C8H16N4/c1-4-5-6-12-7-9-10-8(12)11(2)3/h7H,4-6H2,1-3H3. The predicted octanol–water partition coefficient (Wildman–Crippen LogP) is 1.14. The highest BCUT2D eigenvalue weighted by molar-refractivity contribution is 5.25. The maximum Gasteiger partial charge on any atom is 0.226 e. The zero-order valence-corrected chi connectivity index (χ0v) is 7.99. The second kappa shape index (κ2) is 4.09. The van der Waals surface area contributed by atoms with E-state index >= 15 is 0 Å². The summed E-state index contributed by atoms with van der Waals surface area (Å²) < 4.78 is 2.07. The molecule has 68 valence electrons.